The molecule has 0 saturated carbocycles. The standard InChI is InChI=1S/C9H9N5O3S/c1-6(15)11-9-12-7(5-18-9)3-13-4-8(2-10-13)14(16)17/h2,4-5H,3H2,1H3,(H,11,12,15). The van der Waals surface area contributed by atoms with Gasteiger partial charge in [-0.1, -0.05) is 0 Å². The molecule has 8 nitrogen and oxygen atoms in total. The van der Waals surface area contributed by atoms with E-state index in [0.29, 0.717) is 17.4 Å². The van der Waals surface area contributed by atoms with Gasteiger partial charge >= 0.3 is 5.69 Å². The average molecular weight is 267 g/mol. The van der Waals surface area contributed by atoms with Crippen molar-refractivity contribution in [2.75, 3.05) is 5.32 Å². The highest BCUT2D eigenvalue weighted by Gasteiger charge is 2.10. The molecule has 0 spiro atoms. The Morgan fingerprint density at radius 1 is 1.67 bits per heavy atom. The molecule has 1 N–H and O–H groups in total. The van der Waals surface area contributed by atoms with Crippen molar-refractivity contribution in [3.63, 3.8) is 0 Å². The third-order valence-electron chi connectivity index (χ3n) is 1.99. The second kappa shape index (κ2) is 4.92. The van der Waals surface area contributed by atoms with Crippen molar-refractivity contribution in [1.82, 2.24) is 14.8 Å². The molecule has 0 radical (unpaired) electrons. The molecule has 2 rings (SSSR count). The first-order valence-electron chi connectivity index (χ1n) is 4.93. The van der Waals surface area contributed by atoms with Gasteiger partial charge in [-0.2, -0.15) is 5.10 Å². The van der Waals surface area contributed by atoms with Gasteiger partial charge in [0.15, 0.2) is 5.13 Å². The smallest absolute Gasteiger partial charge is 0.302 e. The lowest BCUT2D eigenvalue weighted by Gasteiger charge is -1.96. The minimum absolute atomic E-state index is 0.0627. The van der Waals surface area contributed by atoms with E-state index in [-0.39, 0.29) is 11.6 Å². The summed E-state index contributed by atoms with van der Waals surface area (Å²) >= 11 is 1.29. The van der Waals surface area contributed by atoms with Gasteiger partial charge in [0.25, 0.3) is 0 Å². The quantitative estimate of drug-likeness (QED) is 0.663. The van der Waals surface area contributed by atoms with Crippen LogP contribution in [0.5, 0.6) is 0 Å². The zero-order valence-corrected chi connectivity index (χ0v) is 10.2. The Balaban J connectivity index is 2.06. The molecule has 0 bridgehead atoms. The average Bonchev–Trinajstić information content (AvgIpc) is 2.88. The summed E-state index contributed by atoms with van der Waals surface area (Å²) in [5.41, 5.74) is 0.620. The van der Waals surface area contributed by atoms with Crippen LogP contribution in [0.3, 0.4) is 0 Å². The maximum atomic E-state index is 10.8. The van der Waals surface area contributed by atoms with E-state index in [0.717, 1.165) is 0 Å². The van der Waals surface area contributed by atoms with Gasteiger partial charge in [0.05, 0.1) is 17.2 Å². The van der Waals surface area contributed by atoms with E-state index in [2.05, 4.69) is 15.4 Å². The zero-order chi connectivity index (χ0) is 13.1. The Hall–Kier alpha value is -2.29. The van der Waals surface area contributed by atoms with Crippen LogP contribution in [0, 0.1) is 10.1 Å². The Morgan fingerprint density at radius 3 is 3.06 bits per heavy atom. The minimum Gasteiger partial charge on any atom is -0.302 e. The third-order valence-corrected chi connectivity index (χ3v) is 2.80. The van der Waals surface area contributed by atoms with Gasteiger partial charge in [-0.25, -0.2) is 4.98 Å². The van der Waals surface area contributed by atoms with Gasteiger partial charge in [-0.15, -0.1) is 11.3 Å². The fraction of sp³-hybridized carbons (Fsp3) is 0.222. The predicted octanol–water partition coefficient (Wildman–Crippen LogP) is 1.25. The molecule has 18 heavy (non-hydrogen) atoms. The molecule has 0 unspecified atom stereocenters. The molecular formula is C9H9N5O3S. The molecule has 2 aromatic heterocycles. The maximum absolute atomic E-state index is 10.8. The Kier molecular flexibility index (Phi) is 3.33. The molecule has 94 valence electrons. The lowest BCUT2D eigenvalue weighted by molar-refractivity contribution is -0.385. The van der Waals surface area contributed by atoms with E-state index in [9.17, 15) is 14.9 Å². The molecule has 0 aliphatic rings. The number of carbonyl (C=O) groups excluding carboxylic acids is 1. The second-order valence-corrected chi connectivity index (χ2v) is 4.34. The number of thiazole rings is 1. The number of nitrogens with zero attached hydrogens (tertiary/aromatic N) is 4. The van der Waals surface area contributed by atoms with Gasteiger partial charge in [0.1, 0.15) is 12.4 Å². The van der Waals surface area contributed by atoms with Gasteiger partial charge in [-0.05, 0) is 0 Å². The molecule has 0 aromatic carbocycles. The lowest BCUT2D eigenvalue weighted by Crippen LogP contribution is -2.06. The van der Waals surface area contributed by atoms with E-state index >= 15 is 0 Å². The molecular weight excluding hydrogens is 258 g/mol. The predicted molar refractivity (Wildman–Crippen MR) is 64.4 cm³/mol. The summed E-state index contributed by atoms with van der Waals surface area (Å²) in [6.45, 7) is 1.72. The zero-order valence-electron chi connectivity index (χ0n) is 9.36. The van der Waals surface area contributed by atoms with Crippen LogP contribution in [0.4, 0.5) is 10.8 Å². The van der Waals surface area contributed by atoms with E-state index in [4.69, 9.17) is 0 Å². The molecule has 2 aromatic rings. The third kappa shape index (κ3) is 2.88. The number of nitro groups is 1. The van der Waals surface area contributed by atoms with Gasteiger partial charge < -0.3 is 5.32 Å². The second-order valence-electron chi connectivity index (χ2n) is 3.48. The van der Waals surface area contributed by atoms with Crippen LogP contribution in [0.25, 0.3) is 0 Å². The van der Waals surface area contributed by atoms with Crippen molar-refractivity contribution in [3.8, 4) is 0 Å². The molecule has 0 aliphatic carbocycles. The van der Waals surface area contributed by atoms with Crippen LogP contribution in [-0.2, 0) is 11.3 Å². The molecule has 0 fully saturated rings. The van der Waals surface area contributed by atoms with Crippen molar-refractivity contribution < 1.29 is 9.72 Å². The highest BCUT2D eigenvalue weighted by Crippen LogP contribution is 2.16. The number of hydrogen-bond acceptors (Lipinski definition) is 6. The number of carbonyl (C=O) groups is 1. The lowest BCUT2D eigenvalue weighted by atomic mass is 10.5. The SMILES string of the molecule is CC(=O)Nc1nc(Cn2cc([N+](=O)[O-])cn2)cs1. The van der Waals surface area contributed by atoms with Gasteiger partial charge in [0.2, 0.25) is 5.91 Å². The van der Waals surface area contributed by atoms with Crippen molar-refractivity contribution in [2.24, 2.45) is 0 Å². The number of amides is 1. The van der Waals surface area contributed by atoms with Crippen molar-refractivity contribution in [3.05, 3.63) is 33.6 Å². The monoisotopic (exact) mass is 267 g/mol. The summed E-state index contributed by atoms with van der Waals surface area (Å²) in [4.78, 5) is 25.0. The van der Waals surface area contributed by atoms with Crippen molar-refractivity contribution in [1.29, 1.82) is 0 Å². The van der Waals surface area contributed by atoms with Crippen LogP contribution in [-0.4, -0.2) is 25.6 Å². The van der Waals surface area contributed by atoms with E-state index in [1.165, 1.54) is 35.3 Å². The minimum atomic E-state index is -0.507. The molecule has 0 saturated heterocycles. The van der Waals surface area contributed by atoms with Crippen molar-refractivity contribution >= 4 is 28.1 Å². The summed E-state index contributed by atoms with van der Waals surface area (Å²) in [6.07, 6.45) is 2.51. The largest absolute Gasteiger partial charge is 0.307 e. The van der Waals surface area contributed by atoms with E-state index < -0.39 is 4.92 Å². The normalized spacial score (nSPS) is 10.3. The first kappa shape index (κ1) is 12.2. The summed E-state index contributed by atoms with van der Waals surface area (Å²) < 4.78 is 1.42. The van der Waals surface area contributed by atoms with Gasteiger partial charge in [0, 0.05) is 12.3 Å². The number of aromatic nitrogens is 3. The topological polar surface area (TPSA) is 103 Å². The number of hydrogen-bond donors (Lipinski definition) is 1. The summed E-state index contributed by atoms with van der Waals surface area (Å²) in [7, 11) is 0. The Bertz CT molecular complexity index is 591. The van der Waals surface area contributed by atoms with E-state index in [1.54, 1.807) is 5.38 Å². The molecule has 9 heteroatoms. The molecule has 0 atom stereocenters. The Labute approximate surface area is 105 Å². The first-order chi connectivity index (χ1) is 8.54. The van der Waals surface area contributed by atoms with Crippen LogP contribution in [0.1, 0.15) is 12.6 Å². The maximum Gasteiger partial charge on any atom is 0.307 e. The van der Waals surface area contributed by atoms with Gasteiger partial charge in [-0.3, -0.25) is 19.6 Å². The van der Waals surface area contributed by atoms with Crippen LogP contribution < -0.4 is 5.32 Å². The molecule has 2 heterocycles. The molecule has 0 aliphatic heterocycles. The first-order valence-corrected chi connectivity index (χ1v) is 5.81. The fourth-order valence-electron chi connectivity index (χ4n) is 1.29. The summed E-state index contributed by atoms with van der Waals surface area (Å²) in [5.74, 6) is -0.189. The summed E-state index contributed by atoms with van der Waals surface area (Å²) in [5, 5.41) is 19.2. The Morgan fingerprint density at radius 2 is 2.44 bits per heavy atom. The number of anilines is 1. The highest BCUT2D eigenvalue weighted by atomic mass is 32.1. The van der Waals surface area contributed by atoms with Crippen molar-refractivity contribution in [2.45, 2.75) is 13.5 Å². The van der Waals surface area contributed by atoms with E-state index in [1.807, 2.05) is 0 Å². The van der Waals surface area contributed by atoms with Crippen LogP contribution >= 0.6 is 11.3 Å². The highest BCUT2D eigenvalue weighted by molar-refractivity contribution is 7.13. The number of nitrogens with one attached hydrogen (secondary N) is 1. The van der Waals surface area contributed by atoms with Crippen LogP contribution in [0.15, 0.2) is 17.8 Å². The summed E-state index contributed by atoms with van der Waals surface area (Å²) in [6, 6.07) is 0. The van der Waals surface area contributed by atoms with Crippen LogP contribution in [0.2, 0.25) is 0 Å². The molecule has 1 amide bonds. The fourth-order valence-corrected chi connectivity index (χ4v) is 2.03. The number of rotatable bonds is 4.